The maximum absolute atomic E-state index is 12.2. The Kier molecular flexibility index (Phi) is 9.26. The molecule has 1 aromatic heterocycles. The third kappa shape index (κ3) is 6.68. The number of anilines is 1. The number of carbonyl (C=O) groups is 2. The molecular weight excluding hydrogens is 420 g/mol. The molecule has 2 aromatic rings. The summed E-state index contributed by atoms with van der Waals surface area (Å²) in [6, 6.07) is 5.32. The van der Waals surface area contributed by atoms with E-state index in [0.29, 0.717) is 46.9 Å². The van der Waals surface area contributed by atoms with E-state index in [-0.39, 0.29) is 12.5 Å². The van der Waals surface area contributed by atoms with Crippen LogP contribution in [0.5, 0.6) is 11.5 Å². The van der Waals surface area contributed by atoms with E-state index in [4.69, 9.17) is 14.2 Å². The molecule has 0 spiro atoms. The zero-order valence-corrected chi connectivity index (χ0v) is 19.2. The molecule has 0 aliphatic rings. The summed E-state index contributed by atoms with van der Waals surface area (Å²) in [4.78, 5) is 30.2. The van der Waals surface area contributed by atoms with Crippen LogP contribution in [0, 0.1) is 6.92 Å². The molecule has 0 saturated heterocycles. The van der Waals surface area contributed by atoms with Crippen molar-refractivity contribution in [1.29, 1.82) is 0 Å². The average molecular weight is 449 g/mol. The lowest BCUT2D eigenvalue weighted by Gasteiger charge is -2.19. The van der Waals surface area contributed by atoms with Gasteiger partial charge >= 0.3 is 5.97 Å². The van der Waals surface area contributed by atoms with Crippen LogP contribution in [0.2, 0.25) is 0 Å². The fraction of sp³-hybridized carbons (Fsp3) is 0.429. The van der Waals surface area contributed by atoms with E-state index in [9.17, 15) is 9.59 Å². The number of rotatable bonds is 11. The first-order valence-electron chi connectivity index (χ1n) is 9.95. The van der Waals surface area contributed by atoms with Crippen LogP contribution >= 0.6 is 11.3 Å². The molecular formula is C21H28N4O5S. The fourth-order valence-corrected chi connectivity index (χ4v) is 3.52. The number of hydrogen-bond acceptors (Lipinski definition) is 9. The second kappa shape index (κ2) is 11.9. The van der Waals surface area contributed by atoms with Crippen LogP contribution in [0.15, 0.2) is 23.3 Å². The normalized spacial score (nSPS) is 10.7. The van der Waals surface area contributed by atoms with Crippen LogP contribution in [0.4, 0.5) is 5.13 Å². The Balaban J connectivity index is 2.06. The van der Waals surface area contributed by atoms with Crippen molar-refractivity contribution in [1.82, 2.24) is 9.88 Å². The molecule has 0 fully saturated rings. The molecule has 0 aliphatic heterocycles. The number of nitrogens with zero attached hydrogens (tertiary/aromatic N) is 3. The highest BCUT2D eigenvalue weighted by molar-refractivity contribution is 7.17. The van der Waals surface area contributed by atoms with Crippen molar-refractivity contribution in [2.45, 2.75) is 27.7 Å². The molecule has 0 radical (unpaired) electrons. The van der Waals surface area contributed by atoms with Gasteiger partial charge in [0.15, 0.2) is 18.1 Å². The van der Waals surface area contributed by atoms with E-state index in [2.05, 4.69) is 15.5 Å². The van der Waals surface area contributed by atoms with Gasteiger partial charge in [0.2, 0.25) is 5.13 Å². The van der Waals surface area contributed by atoms with Gasteiger partial charge < -0.3 is 19.1 Å². The minimum Gasteiger partial charge on any atom is -0.490 e. The predicted octanol–water partition coefficient (Wildman–Crippen LogP) is 3.33. The molecule has 0 unspecified atom stereocenters. The number of thiazole rings is 1. The van der Waals surface area contributed by atoms with Crippen molar-refractivity contribution < 1.29 is 23.8 Å². The monoisotopic (exact) mass is 448 g/mol. The Morgan fingerprint density at radius 2 is 1.94 bits per heavy atom. The Morgan fingerprint density at radius 3 is 2.58 bits per heavy atom. The van der Waals surface area contributed by atoms with E-state index >= 15 is 0 Å². The predicted molar refractivity (Wildman–Crippen MR) is 120 cm³/mol. The van der Waals surface area contributed by atoms with Crippen molar-refractivity contribution in [3.63, 3.8) is 0 Å². The minimum absolute atomic E-state index is 0.0529. The summed E-state index contributed by atoms with van der Waals surface area (Å²) in [6.07, 6.45) is 1.60. The largest absolute Gasteiger partial charge is 0.490 e. The third-order valence-corrected chi connectivity index (χ3v) is 5.32. The van der Waals surface area contributed by atoms with Gasteiger partial charge in [-0.3, -0.25) is 10.2 Å². The minimum atomic E-state index is -0.427. The number of ether oxygens (including phenoxy) is 3. The Morgan fingerprint density at radius 1 is 1.19 bits per heavy atom. The molecule has 2 rings (SSSR count). The maximum Gasteiger partial charge on any atom is 0.350 e. The quantitative estimate of drug-likeness (QED) is 0.319. The van der Waals surface area contributed by atoms with Gasteiger partial charge in [-0.05, 0) is 51.5 Å². The highest BCUT2D eigenvalue weighted by atomic mass is 32.1. The van der Waals surface area contributed by atoms with Gasteiger partial charge in [0.1, 0.15) is 4.88 Å². The topological polar surface area (TPSA) is 102 Å². The molecule has 1 heterocycles. The number of amides is 1. The van der Waals surface area contributed by atoms with Gasteiger partial charge in [-0.15, -0.1) is 0 Å². The number of likely N-dealkylation sites (N-methyl/N-ethyl adjacent to an activating group) is 1. The van der Waals surface area contributed by atoms with Crippen molar-refractivity contribution in [3.8, 4) is 11.5 Å². The van der Waals surface area contributed by atoms with Gasteiger partial charge in [0, 0.05) is 13.1 Å². The Labute approximate surface area is 186 Å². The molecule has 1 amide bonds. The lowest BCUT2D eigenvalue weighted by molar-refractivity contribution is -0.133. The Bertz CT molecular complexity index is 924. The smallest absolute Gasteiger partial charge is 0.350 e. The molecule has 10 heteroatoms. The van der Waals surface area contributed by atoms with Gasteiger partial charge in [-0.1, -0.05) is 11.3 Å². The first-order valence-corrected chi connectivity index (χ1v) is 10.8. The number of hydrazone groups is 1. The van der Waals surface area contributed by atoms with Gasteiger partial charge in [-0.25, -0.2) is 9.78 Å². The summed E-state index contributed by atoms with van der Waals surface area (Å²) in [6.45, 7) is 9.14. The number of hydrogen-bond donors (Lipinski definition) is 1. The summed E-state index contributed by atoms with van der Waals surface area (Å²) in [5.41, 5.74) is 4.15. The van der Waals surface area contributed by atoms with Crippen LogP contribution in [-0.4, -0.2) is 61.4 Å². The van der Waals surface area contributed by atoms with E-state index < -0.39 is 5.97 Å². The Hall–Kier alpha value is -3.14. The molecule has 0 bridgehead atoms. The third-order valence-electron chi connectivity index (χ3n) is 4.28. The first-order chi connectivity index (χ1) is 14.9. The van der Waals surface area contributed by atoms with Crippen LogP contribution in [0.3, 0.4) is 0 Å². The van der Waals surface area contributed by atoms with Gasteiger partial charge in [0.05, 0.1) is 25.6 Å². The molecule has 9 nitrogen and oxygen atoms in total. The molecule has 31 heavy (non-hydrogen) atoms. The van der Waals surface area contributed by atoms with Crippen LogP contribution in [0.1, 0.15) is 41.7 Å². The van der Waals surface area contributed by atoms with Crippen LogP contribution < -0.4 is 14.9 Å². The van der Waals surface area contributed by atoms with E-state index in [1.165, 1.54) is 18.4 Å². The number of methoxy groups -OCH3 is 1. The zero-order chi connectivity index (χ0) is 22.8. The van der Waals surface area contributed by atoms with Crippen molar-refractivity contribution >= 4 is 34.6 Å². The second-order valence-corrected chi connectivity index (χ2v) is 7.29. The molecule has 1 aromatic carbocycles. The highest BCUT2D eigenvalue weighted by Gasteiger charge is 2.15. The highest BCUT2D eigenvalue weighted by Crippen LogP contribution is 2.28. The zero-order valence-electron chi connectivity index (χ0n) is 18.4. The van der Waals surface area contributed by atoms with Gasteiger partial charge in [0.25, 0.3) is 5.91 Å². The average Bonchev–Trinajstić information content (AvgIpc) is 3.14. The summed E-state index contributed by atoms with van der Waals surface area (Å²) in [5.74, 6) is 0.512. The summed E-state index contributed by atoms with van der Waals surface area (Å²) in [5, 5.41) is 4.65. The second-order valence-electron chi connectivity index (χ2n) is 6.29. The number of benzene rings is 1. The number of aryl methyl sites for hydroxylation is 1. The summed E-state index contributed by atoms with van der Waals surface area (Å²) >= 11 is 1.17. The number of nitrogens with one attached hydrogen (secondary N) is 1. The number of carbonyl (C=O) groups excluding carboxylic acids is 2. The number of aromatic nitrogens is 1. The molecule has 168 valence electrons. The van der Waals surface area contributed by atoms with E-state index in [1.807, 2.05) is 20.8 Å². The van der Waals surface area contributed by atoms with E-state index in [1.54, 1.807) is 36.2 Å². The lowest BCUT2D eigenvalue weighted by atomic mass is 10.2. The van der Waals surface area contributed by atoms with Crippen molar-refractivity contribution in [2.75, 3.05) is 38.8 Å². The summed E-state index contributed by atoms with van der Waals surface area (Å²) in [7, 11) is 1.33. The van der Waals surface area contributed by atoms with Crippen molar-refractivity contribution in [3.05, 3.63) is 34.3 Å². The number of esters is 1. The molecule has 0 saturated carbocycles. The first kappa shape index (κ1) is 24.1. The summed E-state index contributed by atoms with van der Waals surface area (Å²) < 4.78 is 16.1. The lowest BCUT2D eigenvalue weighted by Crippen LogP contribution is -2.34. The molecule has 0 atom stereocenters. The molecule has 1 N–H and O–H groups in total. The van der Waals surface area contributed by atoms with E-state index in [0.717, 1.165) is 5.56 Å². The standard InChI is InChI=1S/C21H28N4O5S/c1-6-25(7-2)18(26)13-30-16-10-9-15(11-17(16)29-8-3)12-22-24-21-23-14(4)19(31-21)20(27)28-5/h9-12H,6-8,13H2,1-5H3,(H,23,24)/b22-12-. The van der Waals surface area contributed by atoms with Gasteiger partial charge in [-0.2, -0.15) is 5.10 Å². The molecule has 0 aliphatic carbocycles. The van der Waals surface area contributed by atoms with Crippen molar-refractivity contribution in [2.24, 2.45) is 5.10 Å². The van der Waals surface area contributed by atoms with Crippen LogP contribution in [-0.2, 0) is 9.53 Å². The fourth-order valence-electron chi connectivity index (χ4n) is 2.69. The maximum atomic E-state index is 12.2. The van der Waals surface area contributed by atoms with Crippen LogP contribution in [0.25, 0.3) is 0 Å². The SMILES string of the molecule is CCOc1cc(/C=N\Nc2nc(C)c(C(=O)OC)s2)ccc1OCC(=O)N(CC)CC.